The number of hydrogen-bond acceptors (Lipinski definition) is 4. The molecule has 1 fully saturated rings. The molecule has 4 amide bonds. The SMILES string of the molecule is CCCN(CC(=O)Nc1ccc(N2CCN(C(=O)Nc3ccccc3F)CC2)cc1)C(=O)c1ccc(C)cc1. The van der Waals surface area contributed by atoms with E-state index in [1.54, 1.807) is 34.1 Å². The second-order valence-corrected chi connectivity index (χ2v) is 9.57. The molecule has 0 atom stereocenters. The Hall–Kier alpha value is -4.40. The third kappa shape index (κ3) is 7.34. The smallest absolute Gasteiger partial charge is 0.322 e. The molecule has 4 rings (SSSR count). The first-order valence-corrected chi connectivity index (χ1v) is 13.2. The zero-order valence-corrected chi connectivity index (χ0v) is 22.3. The maximum atomic E-state index is 13.8. The molecular weight excluding hydrogens is 497 g/mol. The van der Waals surface area contributed by atoms with E-state index in [1.807, 2.05) is 50.2 Å². The molecule has 2 N–H and O–H groups in total. The lowest BCUT2D eigenvalue weighted by atomic mass is 10.1. The maximum absolute atomic E-state index is 13.8. The van der Waals surface area contributed by atoms with E-state index >= 15 is 0 Å². The summed E-state index contributed by atoms with van der Waals surface area (Å²) in [6.45, 7) is 6.66. The average molecular weight is 532 g/mol. The van der Waals surface area contributed by atoms with E-state index in [4.69, 9.17) is 0 Å². The molecule has 0 bridgehead atoms. The van der Waals surface area contributed by atoms with Crippen molar-refractivity contribution in [2.45, 2.75) is 20.3 Å². The van der Waals surface area contributed by atoms with Crippen molar-refractivity contribution in [1.29, 1.82) is 0 Å². The van der Waals surface area contributed by atoms with Crippen molar-refractivity contribution in [3.63, 3.8) is 0 Å². The molecule has 0 aliphatic carbocycles. The summed E-state index contributed by atoms with van der Waals surface area (Å²) in [5.41, 5.74) is 3.42. The largest absolute Gasteiger partial charge is 0.368 e. The first kappa shape index (κ1) is 27.6. The number of piperazine rings is 1. The molecule has 39 heavy (non-hydrogen) atoms. The van der Waals surface area contributed by atoms with Crippen molar-refractivity contribution < 1.29 is 18.8 Å². The number of rotatable bonds is 8. The van der Waals surface area contributed by atoms with E-state index in [-0.39, 0.29) is 30.1 Å². The molecule has 1 heterocycles. The van der Waals surface area contributed by atoms with E-state index in [0.29, 0.717) is 44.0 Å². The number of carbonyl (C=O) groups excluding carboxylic acids is 3. The van der Waals surface area contributed by atoms with Crippen LogP contribution in [0.5, 0.6) is 0 Å². The number of carbonyl (C=O) groups is 3. The van der Waals surface area contributed by atoms with Gasteiger partial charge in [-0.2, -0.15) is 0 Å². The van der Waals surface area contributed by atoms with Crippen LogP contribution in [-0.4, -0.2) is 66.9 Å². The number of halogens is 1. The molecule has 0 unspecified atom stereocenters. The molecule has 3 aromatic carbocycles. The van der Waals surface area contributed by atoms with Gasteiger partial charge in [-0.05, 0) is 61.9 Å². The third-order valence-corrected chi connectivity index (χ3v) is 6.61. The zero-order chi connectivity index (χ0) is 27.8. The predicted molar refractivity (Wildman–Crippen MR) is 152 cm³/mol. The second kappa shape index (κ2) is 12.9. The molecule has 1 aliphatic heterocycles. The van der Waals surface area contributed by atoms with Crippen molar-refractivity contribution in [2.75, 3.05) is 54.8 Å². The van der Waals surface area contributed by atoms with Gasteiger partial charge in [0.1, 0.15) is 12.4 Å². The Morgan fingerprint density at radius 2 is 1.54 bits per heavy atom. The number of para-hydroxylation sites is 1. The Kier molecular flexibility index (Phi) is 9.14. The highest BCUT2D eigenvalue weighted by atomic mass is 19.1. The summed E-state index contributed by atoms with van der Waals surface area (Å²) in [5, 5.41) is 5.51. The van der Waals surface area contributed by atoms with E-state index in [1.165, 1.54) is 12.1 Å². The molecule has 8 nitrogen and oxygen atoms in total. The Morgan fingerprint density at radius 1 is 0.872 bits per heavy atom. The minimum absolute atomic E-state index is 0.0286. The quantitative estimate of drug-likeness (QED) is 0.430. The fourth-order valence-corrected chi connectivity index (χ4v) is 4.46. The molecule has 1 saturated heterocycles. The number of nitrogens with one attached hydrogen (secondary N) is 2. The van der Waals surface area contributed by atoms with Crippen molar-refractivity contribution in [2.24, 2.45) is 0 Å². The first-order chi connectivity index (χ1) is 18.8. The zero-order valence-electron chi connectivity index (χ0n) is 22.3. The first-order valence-electron chi connectivity index (χ1n) is 13.2. The van der Waals surface area contributed by atoms with Crippen LogP contribution in [0.2, 0.25) is 0 Å². The Bertz CT molecular complexity index is 1290. The van der Waals surface area contributed by atoms with Gasteiger partial charge in [0.15, 0.2) is 0 Å². The van der Waals surface area contributed by atoms with Crippen LogP contribution in [0.15, 0.2) is 72.8 Å². The van der Waals surface area contributed by atoms with Gasteiger partial charge in [-0.3, -0.25) is 9.59 Å². The van der Waals surface area contributed by atoms with Gasteiger partial charge in [0.05, 0.1) is 5.69 Å². The summed E-state index contributed by atoms with van der Waals surface area (Å²) in [4.78, 5) is 43.6. The van der Waals surface area contributed by atoms with Crippen LogP contribution < -0.4 is 15.5 Å². The molecule has 204 valence electrons. The van der Waals surface area contributed by atoms with Crippen LogP contribution >= 0.6 is 0 Å². The highest BCUT2D eigenvalue weighted by Crippen LogP contribution is 2.21. The van der Waals surface area contributed by atoms with Gasteiger partial charge in [-0.15, -0.1) is 0 Å². The standard InChI is InChI=1S/C30H34FN5O3/c1-3-16-36(29(38)23-10-8-22(2)9-11-23)21-28(37)32-24-12-14-25(15-13-24)34-17-19-35(20-18-34)30(39)33-27-7-5-4-6-26(27)31/h4-15H,3,16-21H2,1-2H3,(H,32,37)(H,33,39). The number of aryl methyl sites for hydroxylation is 1. The van der Waals surface area contributed by atoms with Gasteiger partial charge in [-0.1, -0.05) is 36.8 Å². The average Bonchev–Trinajstić information content (AvgIpc) is 2.94. The molecule has 0 saturated carbocycles. The normalized spacial score (nSPS) is 13.1. The Labute approximate surface area is 228 Å². The van der Waals surface area contributed by atoms with Gasteiger partial charge >= 0.3 is 6.03 Å². The molecule has 0 radical (unpaired) electrons. The summed E-state index contributed by atoms with van der Waals surface area (Å²) < 4.78 is 13.8. The summed E-state index contributed by atoms with van der Waals surface area (Å²) in [6, 6.07) is 20.6. The van der Waals surface area contributed by atoms with Gasteiger partial charge in [0.2, 0.25) is 5.91 Å². The molecule has 0 spiro atoms. The number of anilines is 3. The monoisotopic (exact) mass is 531 g/mol. The van der Waals surface area contributed by atoms with Crippen molar-refractivity contribution >= 4 is 34.9 Å². The van der Waals surface area contributed by atoms with Crippen LogP contribution in [0.1, 0.15) is 29.3 Å². The number of amides is 4. The lowest BCUT2D eigenvalue weighted by molar-refractivity contribution is -0.116. The minimum Gasteiger partial charge on any atom is -0.368 e. The van der Waals surface area contributed by atoms with Crippen LogP contribution in [0.4, 0.5) is 26.2 Å². The fourth-order valence-electron chi connectivity index (χ4n) is 4.46. The molecular formula is C30H34FN5O3. The molecule has 9 heteroatoms. The van der Waals surface area contributed by atoms with E-state index < -0.39 is 5.82 Å². The van der Waals surface area contributed by atoms with Crippen LogP contribution in [0.25, 0.3) is 0 Å². The van der Waals surface area contributed by atoms with Crippen molar-refractivity contribution in [1.82, 2.24) is 9.80 Å². The van der Waals surface area contributed by atoms with Crippen molar-refractivity contribution in [3.05, 3.63) is 89.7 Å². The van der Waals surface area contributed by atoms with Crippen LogP contribution in [-0.2, 0) is 4.79 Å². The summed E-state index contributed by atoms with van der Waals surface area (Å²) >= 11 is 0. The van der Waals surface area contributed by atoms with Crippen LogP contribution in [0.3, 0.4) is 0 Å². The minimum atomic E-state index is -0.465. The van der Waals surface area contributed by atoms with Crippen LogP contribution in [0, 0.1) is 12.7 Å². The summed E-state index contributed by atoms with van der Waals surface area (Å²) in [7, 11) is 0. The number of urea groups is 1. The number of hydrogen-bond donors (Lipinski definition) is 2. The van der Waals surface area contributed by atoms with E-state index in [9.17, 15) is 18.8 Å². The highest BCUT2D eigenvalue weighted by molar-refractivity contribution is 5.99. The Morgan fingerprint density at radius 3 is 2.18 bits per heavy atom. The number of benzene rings is 3. The Balaban J connectivity index is 1.28. The fraction of sp³-hybridized carbons (Fsp3) is 0.300. The van der Waals surface area contributed by atoms with Gasteiger partial charge in [0.25, 0.3) is 5.91 Å². The lowest BCUT2D eigenvalue weighted by Crippen LogP contribution is -2.50. The topological polar surface area (TPSA) is 85.0 Å². The van der Waals surface area contributed by atoms with E-state index in [0.717, 1.165) is 17.7 Å². The van der Waals surface area contributed by atoms with Gasteiger partial charge in [-0.25, -0.2) is 9.18 Å². The van der Waals surface area contributed by atoms with Crippen molar-refractivity contribution in [3.8, 4) is 0 Å². The molecule has 0 aromatic heterocycles. The number of nitrogens with zero attached hydrogens (tertiary/aromatic N) is 3. The maximum Gasteiger partial charge on any atom is 0.322 e. The molecule has 1 aliphatic rings. The lowest BCUT2D eigenvalue weighted by Gasteiger charge is -2.36. The predicted octanol–water partition coefficient (Wildman–Crippen LogP) is 4.98. The molecule has 3 aromatic rings. The van der Waals surface area contributed by atoms with Gasteiger partial charge < -0.3 is 25.3 Å². The third-order valence-electron chi connectivity index (χ3n) is 6.61. The second-order valence-electron chi connectivity index (χ2n) is 9.57. The van der Waals surface area contributed by atoms with Gasteiger partial charge in [0, 0.05) is 49.7 Å². The summed E-state index contributed by atoms with van der Waals surface area (Å²) in [5.74, 6) is -0.886. The highest BCUT2D eigenvalue weighted by Gasteiger charge is 2.22. The van der Waals surface area contributed by atoms with E-state index in [2.05, 4.69) is 15.5 Å². The summed E-state index contributed by atoms with van der Waals surface area (Å²) in [6.07, 6.45) is 0.748.